The molecular weight excluding hydrogens is 420 g/mol. The first kappa shape index (κ1) is 21.6. The molecule has 0 aliphatic rings. The molecule has 0 aromatic heterocycles. The van der Waals surface area contributed by atoms with Crippen molar-refractivity contribution in [3.05, 3.63) is 83.9 Å². The van der Waals surface area contributed by atoms with Crippen molar-refractivity contribution in [2.75, 3.05) is 5.32 Å². The third kappa shape index (κ3) is 5.95. The van der Waals surface area contributed by atoms with Gasteiger partial charge in [-0.3, -0.25) is 10.1 Å². The molecule has 2 N–H and O–H groups in total. The van der Waals surface area contributed by atoms with Crippen molar-refractivity contribution in [3.63, 3.8) is 0 Å². The van der Waals surface area contributed by atoms with Gasteiger partial charge in [-0.25, -0.2) is 13.6 Å². The van der Waals surface area contributed by atoms with Crippen LogP contribution in [0.1, 0.15) is 10.4 Å². The number of imide groups is 1. The van der Waals surface area contributed by atoms with Gasteiger partial charge in [-0.05, 0) is 60.7 Å². The summed E-state index contributed by atoms with van der Waals surface area (Å²) in [5.74, 6) is -2.71. The maximum atomic E-state index is 13.6. The van der Waals surface area contributed by atoms with Crippen LogP contribution in [0.3, 0.4) is 0 Å². The van der Waals surface area contributed by atoms with Crippen LogP contribution in [0.5, 0.6) is 17.2 Å². The van der Waals surface area contributed by atoms with E-state index in [9.17, 15) is 27.2 Å². The summed E-state index contributed by atoms with van der Waals surface area (Å²) in [7, 11) is 0. The third-order valence-corrected chi connectivity index (χ3v) is 3.81. The summed E-state index contributed by atoms with van der Waals surface area (Å²) in [5, 5.41) is 4.17. The van der Waals surface area contributed by atoms with Crippen LogP contribution in [0.4, 0.5) is 28.0 Å². The highest BCUT2D eigenvalue weighted by Crippen LogP contribution is 2.25. The monoisotopic (exact) mass is 434 g/mol. The number of urea groups is 1. The molecule has 0 atom stereocenters. The Morgan fingerprint density at radius 3 is 1.84 bits per heavy atom. The zero-order chi connectivity index (χ0) is 22.4. The van der Waals surface area contributed by atoms with Gasteiger partial charge in [-0.1, -0.05) is 6.07 Å². The van der Waals surface area contributed by atoms with Crippen LogP contribution in [0.25, 0.3) is 0 Å². The standard InChI is InChI=1S/C21H14F4N2O4/c22-16-2-1-3-17(23)18(16)19(28)27-21(29)26-12-4-6-13(7-5-12)30-14-8-10-15(11-9-14)31-20(24)25/h1-11,20H,(H2,26,27,28,29). The first-order valence-corrected chi connectivity index (χ1v) is 8.71. The van der Waals surface area contributed by atoms with Crippen molar-refractivity contribution in [3.8, 4) is 17.2 Å². The van der Waals surface area contributed by atoms with E-state index in [4.69, 9.17) is 4.74 Å². The average Bonchev–Trinajstić information content (AvgIpc) is 2.70. The van der Waals surface area contributed by atoms with E-state index in [2.05, 4.69) is 10.1 Å². The summed E-state index contributed by atoms with van der Waals surface area (Å²) < 4.78 is 61.3. The number of benzene rings is 3. The zero-order valence-electron chi connectivity index (χ0n) is 15.6. The quantitative estimate of drug-likeness (QED) is 0.515. The van der Waals surface area contributed by atoms with E-state index < -0.39 is 35.7 Å². The van der Waals surface area contributed by atoms with E-state index >= 15 is 0 Å². The van der Waals surface area contributed by atoms with Gasteiger partial charge in [0.15, 0.2) is 0 Å². The number of hydrogen-bond acceptors (Lipinski definition) is 4. The minimum absolute atomic E-state index is 0.0160. The maximum Gasteiger partial charge on any atom is 0.387 e. The number of carbonyl (C=O) groups is 2. The largest absolute Gasteiger partial charge is 0.457 e. The molecule has 0 spiro atoms. The van der Waals surface area contributed by atoms with E-state index in [0.717, 1.165) is 18.2 Å². The smallest absolute Gasteiger partial charge is 0.387 e. The lowest BCUT2D eigenvalue weighted by Gasteiger charge is -2.10. The maximum absolute atomic E-state index is 13.6. The molecule has 3 aromatic rings. The normalized spacial score (nSPS) is 10.5. The lowest BCUT2D eigenvalue weighted by Crippen LogP contribution is -2.35. The Bertz CT molecular complexity index is 1050. The topological polar surface area (TPSA) is 76.7 Å². The molecule has 31 heavy (non-hydrogen) atoms. The number of rotatable bonds is 6. The van der Waals surface area contributed by atoms with Crippen molar-refractivity contribution in [1.82, 2.24) is 5.32 Å². The molecule has 3 aromatic carbocycles. The second kappa shape index (κ2) is 9.61. The highest BCUT2D eigenvalue weighted by molar-refractivity contribution is 6.08. The highest BCUT2D eigenvalue weighted by Gasteiger charge is 2.19. The summed E-state index contributed by atoms with van der Waals surface area (Å²) in [6, 6.07) is 13.3. The molecule has 0 unspecified atom stereocenters. The third-order valence-electron chi connectivity index (χ3n) is 3.81. The first-order valence-electron chi connectivity index (χ1n) is 8.71. The number of amides is 3. The second-order valence-electron chi connectivity index (χ2n) is 5.98. The summed E-state index contributed by atoms with van der Waals surface area (Å²) in [5.41, 5.74) is -0.598. The SMILES string of the molecule is O=C(NC(=O)c1c(F)cccc1F)Nc1ccc(Oc2ccc(OC(F)F)cc2)cc1. The van der Waals surface area contributed by atoms with Gasteiger partial charge in [-0.15, -0.1) is 0 Å². The van der Waals surface area contributed by atoms with Gasteiger partial charge in [0.2, 0.25) is 0 Å². The van der Waals surface area contributed by atoms with Crippen LogP contribution >= 0.6 is 0 Å². The van der Waals surface area contributed by atoms with Crippen LogP contribution in [-0.2, 0) is 0 Å². The van der Waals surface area contributed by atoms with Crippen LogP contribution < -0.4 is 20.1 Å². The zero-order valence-corrected chi connectivity index (χ0v) is 15.6. The van der Waals surface area contributed by atoms with Gasteiger partial charge >= 0.3 is 12.6 Å². The average molecular weight is 434 g/mol. The Labute approximate surface area is 173 Å². The van der Waals surface area contributed by atoms with Crippen molar-refractivity contribution < 1.29 is 36.6 Å². The fraction of sp³-hybridized carbons (Fsp3) is 0.0476. The molecule has 0 aliphatic carbocycles. The lowest BCUT2D eigenvalue weighted by atomic mass is 10.2. The van der Waals surface area contributed by atoms with E-state index in [1.807, 2.05) is 5.32 Å². The van der Waals surface area contributed by atoms with Crippen molar-refractivity contribution >= 4 is 17.6 Å². The van der Waals surface area contributed by atoms with Crippen LogP contribution in [-0.4, -0.2) is 18.5 Å². The number of halogens is 4. The minimum Gasteiger partial charge on any atom is -0.457 e. The van der Waals surface area contributed by atoms with Crippen molar-refractivity contribution in [1.29, 1.82) is 0 Å². The molecule has 0 aliphatic heterocycles. The summed E-state index contributed by atoms with van der Waals surface area (Å²) in [4.78, 5) is 23.8. The summed E-state index contributed by atoms with van der Waals surface area (Å²) >= 11 is 0. The fourth-order valence-electron chi connectivity index (χ4n) is 2.47. The predicted molar refractivity (Wildman–Crippen MR) is 102 cm³/mol. The Hall–Kier alpha value is -4.08. The minimum atomic E-state index is -2.93. The van der Waals surface area contributed by atoms with E-state index in [-0.39, 0.29) is 11.4 Å². The fourth-order valence-corrected chi connectivity index (χ4v) is 2.47. The summed E-state index contributed by atoms with van der Waals surface area (Å²) in [6.07, 6.45) is 0. The molecular formula is C21H14F4N2O4. The van der Waals surface area contributed by atoms with Gasteiger partial charge < -0.3 is 14.8 Å². The second-order valence-corrected chi connectivity index (χ2v) is 5.98. The van der Waals surface area contributed by atoms with E-state index in [0.29, 0.717) is 11.5 Å². The predicted octanol–water partition coefficient (Wildman–Crippen LogP) is 5.32. The number of carbonyl (C=O) groups excluding carboxylic acids is 2. The number of anilines is 1. The van der Waals surface area contributed by atoms with E-state index in [1.165, 1.54) is 48.5 Å². The number of hydrogen-bond donors (Lipinski definition) is 2. The highest BCUT2D eigenvalue weighted by atomic mass is 19.3. The van der Waals surface area contributed by atoms with Gasteiger partial charge in [0, 0.05) is 5.69 Å². The summed E-state index contributed by atoms with van der Waals surface area (Å²) in [6.45, 7) is -2.93. The number of nitrogens with one attached hydrogen (secondary N) is 2. The molecule has 0 saturated heterocycles. The Balaban J connectivity index is 1.56. The molecule has 0 radical (unpaired) electrons. The van der Waals surface area contributed by atoms with E-state index in [1.54, 1.807) is 0 Å². The molecule has 0 saturated carbocycles. The van der Waals surface area contributed by atoms with Gasteiger partial charge in [0.25, 0.3) is 5.91 Å². The number of ether oxygens (including phenoxy) is 2. The molecule has 3 amide bonds. The van der Waals surface area contributed by atoms with Crippen molar-refractivity contribution in [2.24, 2.45) is 0 Å². The Morgan fingerprint density at radius 1 is 0.774 bits per heavy atom. The van der Waals surface area contributed by atoms with Crippen LogP contribution in [0.2, 0.25) is 0 Å². The first-order chi connectivity index (χ1) is 14.8. The Kier molecular flexibility index (Phi) is 6.71. The van der Waals surface area contributed by atoms with Crippen molar-refractivity contribution in [2.45, 2.75) is 6.61 Å². The molecule has 3 rings (SSSR count). The van der Waals surface area contributed by atoms with Gasteiger partial charge in [0.05, 0.1) is 0 Å². The van der Waals surface area contributed by atoms with Crippen LogP contribution in [0.15, 0.2) is 66.7 Å². The molecule has 6 nitrogen and oxygen atoms in total. The van der Waals surface area contributed by atoms with Gasteiger partial charge in [-0.2, -0.15) is 8.78 Å². The number of alkyl halides is 2. The molecule has 0 bridgehead atoms. The molecule has 0 heterocycles. The molecule has 160 valence electrons. The molecule has 0 fully saturated rings. The van der Waals surface area contributed by atoms with Gasteiger partial charge in [0.1, 0.15) is 34.4 Å². The Morgan fingerprint density at radius 2 is 1.29 bits per heavy atom. The lowest BCUT2D eigenvalue weighted by molar-refractivity contribution is -0.0498. The van der Waals surface area contributed by atoms with Crippen LogP contribution in [0, 0.1) is 11.6 Å². The molecule has 10 heteroatoms.